The van der Waals surface area contributed by atoms with Crippen LogP contribution in [-0.4, -0.2) is 4.57 Å². The van der Waals surface area contributed by atoms with Gasteiger partial charge in [-0.25, -0.2) is 0 Å². The minimum absolute atomic E-state index is 0.856. The Morgan fingerprint density at radius 1 is 0.810 bits per heavy atom. The molecule has 0 saturated carbocycles. The van der Waals surface area contributed by atoms with Crippen LogP contribution in [0.1, 0.15) is 39.5 Å². The summed E-state index contributed by atoms with van der Waals surface area (Å²) in [5.41, 5.74) is 2.76. The van der Waals surface area contributed by atoms with E-state index in [1.165, 1.54) is 47.5 Å². The summed E-state index contributed by atoms with van der Waals surface area (Å²) in [4.78, 5) is 0. The van der Waals surface area contributed by atoms with Crippen molar-refractivity contribution < 1.29 is 0 Å². The van der Waals surface area contributed by atoms with Crippen LogP contribution < -0.4 is 0 Å². The van der Waals surface area contributed by atoms with E-state index < -0.39 is 0 Å². The molecule has 0 radical (unpaired) electrons. The van der Waals surface area contributed by atoms with E-state index in [2.05, 4.69) is 66.9 Å². The van der Waals surface area contributed by atoms with Gasteiger partial charge in [-0.2, -0.15) is 0 Å². The van der Waals surface area contributed by atoms with E-state index in [0.717, 1.165) is 12.5 Å². The molecule has 110 valence electrons. The smallest absolute Gasteiger partial charge is 0.0491 e. The Bertz CT molecular complexity index is 670. The highest BCUT2D eigenvalue weighted by Gasteiger charge is 2.11. The maximum Gasteiger partial charge on any atom is 0.0491 e. The van der Waals surface area contributed by atoms with Crippen LogP contribution in [0.5, 0.6) is 0 Å². The van der Waals surface area contributed by atoms with Crippen molar-refractivity contribution in [2.45, 2.75) is 46.1 Å². The third-order valence-corrected chi connectivity index (χ3v) is 4.72. The molecule has 1 heterocycles. The van der Waals surface area contributed by atoms with Crippen molar-refractivity contribution in [3.05, 3.63) is 48.5 Å². The van der Waals surface area contributed by atoms with E-state index in [1.54, 1.807) is 0 Å². The van der Waals surface area contributed by atoms with Crippen molar-refractivity contribution >= 4 is 21.8 Å². The molecule has 1 nitrogen and oxygen atoms in total. The number of aromatic nitrogens is 1. The first-order valence-corrected chi connectivity index (χ1v) is 8.31. The van der Waals surface area contributed by atoms with Crippen LogP contribution in [0.25, 0.3) is 21.8 Å². The van der Waals surface area contributed by atoms with Crippen LogP contribution in [0, 0.1) is 5.92 Å². The summed E-state index contributed by atoms with van der Waals surface area (Å²) in [6, 6.07) is 17.6. The maximum absolute atomic E-state index is 2.52. The molecule has 2 aromatic carbocycles. The molecule has 0 fully saturated rings. The first-order valence-electron chi connectivity index (χ1n) is 8.31. The summed E-state index contributed by atoms with van der Waals surface area (Å²) in [5, 5.41) is 2.77. The molecule has 0 aliphatic heterocycles. The molecule has 0 aliphatic rings. The van der Waals surface area contributed by atoms with Crippen LogP contribution in [-0.2, 0) is 6.54 Å². The van der Waals surface area contributed by atoms with E-state index in [4.69, 9.17) is 0 Å². The van der Waals surface area contributed by atoms with Gasteiger partial charge in [0.15, 0.2) is 0 Å². The van der Waals surface area contributed by atoms with E-state index in [1.807, 2.05) is 0 Å². The summed E-state index contributed by atoms with van der Waals surface area (Å²) < 4.78 is 2.52. The van der Waals surface area contributed by atoms with Crippen molar-refractivity contribution in [1.29, 1.82) is 0 Å². The predicted molar refractivity (Wildman–Crippen MR) is 92.8 cm³/mol. The Balaban J connectivity index is 1.99. The van der Waals surface area contributed by atoms with Crippen molar-refractivity contribution in [1.82, 2.24) is 4.57 Å². The lowest BCUT2D eigenvalue weighted by molar-refractivity contribution is 0.409. The molecular formula is C20H25N. The van der Waals surface area contributed by atoms with Crippen LogP contribution in [0.15, 0.2) is 48.5 Å². The van der Waals surface area contributed by atoms with Gasteiger partial charge >= 0.3 is 0 Å². The van der Waals surface area contributed by atoms with Gasteiger partial charge in [0.25, 0.3) is 0 Å². The third-order valence-electron chi connectivity index (χ3n) is 4.72. The predicted octanol–water partition coefficient (Wildman–Crippen LogP) is 6.01. The summed E-state index contributed by atoms with van der Waals surface area (Å²) in [6.07, 6.45) is 5.23. The summed E-state index contributed by atoms with van der Waals surface area (Å²) in [6.45, 7) is 5.75. The number of para-hydroxylation sites is 2. The summed E-state index contributed by atoms with van der Waals surface area (Å²) in [5.74, 6) is 0.856. The van der Waals surface area contributed by atoms with Gasteiger partial charge in [0.05, 0.1) is 0 Å². The Kier molecular flexibility index (Phi) is 4.28. The molecule has 0 spiro atoms. The van der Waals surface area contributed by atoms with Crippen molar-refractivity contribution in [2.24, 2.45) is 5.92 Å². The molecule has 3 rings (SSSR count). The molecule has 3 aromatic rings. The number of hydrogen-bond acceptors (Lipinski definition) is 0. The second kappa shape index (κ2) is 6.34. The molecular weight excluding hydrogens is 254 g/mol. The zero-order chi connectivity index (χ0) is 14.7. The zero-order valence-corrected chi connectivity index (χ0v) is 13.2. The largest absolute Gasteiger partial charge is 0.340 e. The molecule has 0 N–H and O–H groups in total. The van der Waals surface area contributed by atoms with Crippen LogP contribution in [0.2, 0.25) is 0 Å². The minimum atomic E-state index is 0.856. The average molecular weight is 279 g/mol. The number of nitrogens with zero attached hydrogens (tertiary/aromatic N) is 1. The first kappa shape index (κ1) is 14.2. The van der Waals surface area contributed by atoms with Gasteiger partial charge in [0, 0.05) is 28.4 Å². The highest BCUT2D eigenvalue weighted by Crippen LogP contribution is 2.29. The van der Waals surface area contributed by atoms with Crippen LogP contribution >= 0.6 is 0 Å². The van der Waals surface area contributed by atoms with Gasteiger partial charge < -0.3 is 4.57 Å². The van der Waals surface area contributed by atoms with Gasteiger partial charge in [-0.05, 0) is 24.5 Å². The molecule has 0 amide bonds. The topological polar surface area (TPSA) is 4.93 Å². The molecule has 0 bridgehead atoms. The molecule has 21 heavy (non-hydrogen) atoms. The van der Waals surface area contributed by atoms with Gasteiger partial charge in [0.2, 0.25) is 0 Å². The fraction of sp³-hybridized carbons (Fsp3) is 0.400. The van der Waals surface area contributed by atoms with Crippen LogP contribution in [0.4, 0.5) is 0 Å². The van der Waals surface area contributed by atoms with Crippen molar-refractivity contribution in [3.63, 3.8) is 0 Å². The Hall–Kier alpha value is -1.76. The lowest BCUT2D eigenvalue weighted by atomic mass is 9.97. The number of fused-ring (bicyclic) bond motifs is 3. The van der Waals surface area contributed by atoms with Crippen molar-refractivity contribution in [2.75, 3.05) is 0 Å². The third kappa shape index (κ3) is 2.70. The number of aryl methyl sites for hydroxylation is 1. The van der Waals surface area contributed by atoms with Gasteiger partial charge in [-0.15, -0.1) is 0 Å². The molecule has 1 atom stereocenters. The van der Waals surface area contributed by atoms with Gasteiger partial charge in [0.1, 0.15) is 0 Å². The van der Waals surface area contributed by atoms with Crippen molar-refractivity contribution in [3.8, 4) is 0 Å². The van der Waals surface area contributed by atoms with E-state index >= 15 is 0 Å². The SMILES string of the molecule is CCCC(CC)CCn1c2ccccc2c2ccccc21. The maximum atomic E-state index is 2.52. The second-order valence-electron chi connectivity index (χ2n) is 6.04. The van der Waals surface area contributed by atoms with E-state index in [9.17, 15) is 0 Å². The van der Waals surface area contributed by atoms with Crippen LogP contribution in [0.3, 0.4) is 0 Å². The molecule has 0 saturated heterocycles. The second-order valence-corrected chi connectivity index (χ2v) is 6.04. The van der Waals surface area contributed by atoms with Gasteiger partial charge in [-0.3, -0.25) is 0 Å². The lowest BCUT2D eigenvalue weighted by Crippen LogP contribution is -2.05. The minimum Gasteiger partial charge on any atom is -0.340 e. The van der Waals surface area contributed by atoms with E-state index in [-0.39, 0.29) is 0 Å². The highest BCUT2D eigenvalue weighted by atomic mass is 15.0. The number of rotatable bonds is 6. The monoisotopic (exact) mass is 279 g/mol. The molecule has 1 aromatic heterocycles. The highest BCUT2D eigenvalue weighted by molar-refractivity contribution is 6.07. The Labute approximate surface area is 127 Å². The summed E-state index contributed by atoms with van der Waals surface area (Å²) >= 11 is 0. The summed E-state index contributed by atoms with van der Waals surface area (Å²) in [7, 11) is 0. The van der Waals surface area contributed by atoms with Gasteiger partial charge in [-0.1, -0.05) is 69.5 Å². The standard InChI is InChI=1S/C20H25N/c1-3-9-16(4-2)14-15-21-19-12-7-5-10-17(19)18-11-6-8-13-20(18)21/h5-8,10-13,16H,3-4,9,14-15H2,1-2H3. The first-order chi connectivity index (χ1) is 10.3. The average Bonchev–Trinajstić information content (AvgIpc) is 2.86. The molecule has 1 heteroatoms. The number of benzene rings is 2. The lowest BCUT2D eigenvalue weighted by Gasteiger charge is -2.15. The fourth-order valence-electron chi connectivity index (χ4n) is 3.52. The quantitative estimate of drug-likeness (QED) is 0.520. The Morgan fingerprint density at radius 2 is 1.38 bits per heavy atom. The molecule has 1 unspecified atom stereocenters. The Morgan fingerprint density at radius 3 is 1.90 bits per heavy atom. The molecule has 0 aliphatic carbocycles. The number of hydrogen-bond donors (Lipinski definition) is 0. The normalized spacial score (nSPS) is 13.0. The van der Waals surface area contributed by atoms with E-state index in [0.29, 0.717) is 0 Å². The fourth-order valence-corrected chi connectivity index (χ4v) is 3.52. The zero-order valence-electron chi connectivity index (χ0n) is 13.2.